The number of hydrogen-bond donors (Lipinski definition) is 4. The first kappa shape index (κ1) is 22.6. The van der Waals surface area contributed by atoms with E-state index in [4.69, 9.17) is 20.3 Å². The van der Waals surface area contributed by atoms with Gasteiger partial charge in [0.15, 0.2) is 0 Å². The number of carbonyl (C=O) groups excluding carboxylic acids is 5. The Balaban J connectivity index is 1.86. The van der Waals surface area contributed by atoms with E-state index in [1.807, 2.05) is 0 Å². The molecular weight excluding hydrogens is 388 g/mol. The summed E-state index contributed by atoms with van der Waals surface area (Å²) in [7, 11) is 0. The van der Waals surface area contributed by atoms with E-state index in [1.54, 1.807) is 12.2 Å². The molecule has 0 saturated carbocycles. The van der Waals surface area contributed by atoms with Crippen LogP contribution in [0.1, 0.15) is 19.3 Å². The molecule has 4 unspecified atom stereocenters. The first-order valence-electron chi connectivity index (χ1n) is 9.08. The van der Waals surface area contributed by atoms with Crippen LogP contribution in [0.2, 0.25) is 0 Å². The van der Waals surface area contributed by atoms with Gasteiger partial charge < -0.3 is 20.6 Å². The van der Waals surface area contributed by atoms with Gasteiger partial charge in [0.25, 0.3) is 0 Å². The van der Waals surface area contributed by atoms with E-state index >= 15 is 0 Å². The lowest BCUT2D eigenvalue weighted by atomic mass is 9.80. The van der Waals surface area contributed by atoms with Gasteiger partial charge in [0.1, 0.15) is 25.5 Å². The minimum absolute atomic E-state index is 0.0129. The number of aldehydes is 1. The maximum atomic E-state index is 12.7. The summed E-state index contributed by atoms with van der Waals surface area (Å²) < 4.78 is 4.89. The van der Waals surface area contributed by atoms with Crippen LogP contribution in [0.4, 0.5) is 0 Å². The standard InChI is InChI=1S/C17H24N4O8/c18-13(23)9-27-6-7-28-29-21-11-3-1-2-10(8-22)15(11)17(26)19-12-4-5-14(24)20-16(12)25/h1,3,8,10-12,15,21H,2,4-7,9H2,(H2,18,23)(H,19,26)(H,20,24,25). The molecule has 1 heterocycles. The summed E-state index contributed by atoms with van der Waals surface area (Å²) in [5.41, 5.74) is 7.46. The Morgan fingerprint density at radius 3 is 2.79 bits per heavy atom. The molecule has 1 saturated heterocycles. The highest BCUT2D eigenvalue weighted by Crippen LogP contribution is 2.25. The minimum Gasteiger partial charge on any atom is -0.369 e. The van der Waals surface area contributed by atoms with Gasteiger partial charge in [-0.15, -0.1) is 4.99 Å². The zero-order valence-corrected chi connectivity index (χ0v) is 15.6. The van der Waals surface area contributed by atoms with Crippen molar-refractivity contribution in [3.63, 3.8) is 0 Å². The highest BCUT2D eigenvalue weighted by Gasteiger charge is 2.39. The van der Waals surface area contributed by atoms with Crippen molar-refractivity contribution >= 4 is 29.9 Å². The van der Waals surface area contributed by atoms with Crippen molar-refractivity contribution in [1.82, 2.24) is 16.1 Å². The first-order valence-corrected chi connectivity index (χ1v) is 9.08. The largest absolute Gasteiger partial charge is 0.369 e. The number of amides is 4. The number of hydrogen-bond acceptors (Lipinski definition) is 9. The molecule has 0 aromatic heterocycles. The normalized spacial score (nSPS) is 26.6. The highest BCUT2D eigenvalue weighted by atomic mass is 17.3. The van der Waals surface area contributed by atoms with Crippen molar-refractivity contribution < 1.29 is 38.6 Å². The molecule has 0 aromatic rings. The summed E-state index contributed by atoms with van der Waals surface area (Å²) in [6.45, 7) is -0.200. The van der Waals surface area contributed by atoms with Crippen LogP contribution in [0.5, 0.6) is 0 Å². The second-order valence-electron chi connectivity index (χ2n) is 6.57. The Kier molecular flexibility index (Phi) is 8.86. The zero-order valence-electron chi connectivity index (χ0n) is 15.6. The smallest absolute Gasteiger partial charge is 0.249 e. The molecule has 29 heavy (non-hydrogen) atoms. The van der Waals surface area contributed by atoms with Crippen molar-refractivity contribution in [2.24, 2.45) is 17.6 Å². The number of piperidine rings is 1. The van der Waals surface area contributed by atoms with Gasteiger partial charge in [-0.2, -0.15) is 5.48 Å². The van der Waals surface area contributed by atoms with E-state index in [0.29, 0.717) is 12.7 Å². The van der Waals surface area contributed by atoms with Gasteiger partial charge in [0.05, 0.1) is 18.6 Å². The lowest BCUT2D eigenvalue weighted by Gasteiger charge is -2.32. The van der Waals surface area contributed by atoms with Crippen LogP contribution in [0.25, 0.3) is 0 Å². The lowest BCUT2D eigenvalue weighted by Crippen LogP contribution is -2.56. The average molecular weight is 412 g/mol. The molecule has 0 radical (unpaired) electrons. The molecule has 1 fully saturated rings. The van der Waals surface area contributed by atoms with E-state index in [9.17, 15) is 24.0 Å². The zero-order chi connectivity index (χ0) is 21.2. The van der Waals surface area contributed by atoms with Gasteiger partial charge in [0, 0.05) is 12.3 Å². The van der Waals surface area contributed by atoms with Gasteiger partial charge in [-0.05, 0) is 12.8 Å². The molecule has 2 rings (SSSR count). The van der Waals surface area contributed by atoms with Crippen molar-refractivity contribution in [2.75, 3.05) is 19.8 Å². The molecule has 4 amide bonds. The van der Waals surface area contributed by atoms with Crippen LogP contribution in [0, 0.1) is 11.8 Å². The highest BCUT2D eigenvalue weighted by molar-refractivity contribution is 6.02. The number of primary amides is 1. The van der Waals surface area contributed by atoms with E-state index in [0.717, 1.165) is 0 Å². The number of carbonyl (C=O) groups is 5. The molecule has 4 atom stereocenters. The quantitative estimate of drug-likeness (QED) is 0.0721. The van der Waals surface area contributed by atoms with E-state index < -0.39 is 47.5 Å². The number of nitrogens with one attached hydrogen (secondary N) is 3. The first-order chi connectivity index (χ1) is 13.9. The third kappa shape index (κ3) is 7.02. The number of nitrogens with two attached hydrogens (primary N) is 1. The predicted octanol–water partition coefficient (Wildman–Crippen LogP) is -2.38. The van der Waals surface area contributed by atoms with Gasteiger partial charge in [-0.1, -0.05) is 12.2 Å². The second kappa shape index (κ2) is 11.4. The minimum atomic E-state index is -0.849. The SMILES string of the molecule is NC(=O)COCCOONC1C=CCC(C=O)C1C(=O)NC1CCC(=O)NC1=O. The summed E-state index contributed by atoms with van der Waals surface area (Å²) >= 11 is 0. The number of rotatable bonds is 11. The Bertz CT molecular complexity index is 668. The third-order valence-electron chi connectivity index (χ3n) is 4.43. The molecule has 0 spiro atoms. The molecule has 0 bridgehead atoms. The third-order valence-corrected chi connectivity index (χ3v) is 4.43. The monoisotopic (exact) mass is 412 g/mol. The number of allylic oxidation sites excluding steroid dienone is 1. The van der Waals surface area contributed by atoms with Gasteiger partial charge in [-0.25, -0.2) is 4.89 Å². The maximum absolute atomic E-state index is 12.7. The number of ether oxygens (including phenoxy) is 1. The average Bonchev–Trinajstić information content (AvgIpc) is 2.68. The fraction of sp³-hybridized carbons (Fsp3) is 0.588. The number of imide groups is 1. The molecule has 12 heteroatoms. The lowest BCUT2D eigenvalue weighted by molar-refractivity contribution is -0.345. The molecule has 1 aliphatic heterocycles. The van der Waals surface area contributed by atoms with Crippen molar-refractivity contribution in [1.29, 1.82) is 0 Å². The molecule has 1 aliphatic carbocycles. The second-order valence-corrected chi connectivity index (χ2v) is 6.57. The molecule has 160 valence electrons. The Hall–Kier alpha value is -2.67. The summed E-state index contributed by atoms with van der Waals surface area (Å²) in [6.07, 6.45) is 4.72. The van der Waals surface area contributed by atoms with Crippen LogP contribution in [0.15, 0.2) is 12.2 Å². The molecule has 0 aromatic carbocycles. The van der Waals surface area contributed by atoms with Gasteiger partial charge in [-0.3, -0.25) is 24.5 Å². The Morgan fingerprint density at radius 2 is 2.10 bits per heavy atom. The summed E-state index contributed by atoms with van der Waals surface area (Å²) in [6, 6.07) is -1.54. The molecular formula is C17H24N4O8. The Morgan fingerprint density at radius 1 is 1.31 bits per heavy atom. The predicted molar refractivity (Wildman–Crippen MR) is 95.1 cm³/mol. The molecule has 12 nitrogen and oxygen atoms in total. The molecule has 2 aliphatic rings. The van der Waals surface area contributed by atoms with Crippen LogP contribution in [-0.4, -0.2) is 61.8 Å². The van der Waals surface area contributed by atoms with Gasteiger partial charge in [0.2, 0.25) is 23.6 Å². The fourth-order valence-electron chi connectivity index (χ4n) is 3.02. The van der Waals surface area contributed by atoms with E-state index in [2.05, 4.69) is 16.1 Å². The maximum Gasteiger partial charge on any atom is 0.249 e. The van der Waals surface area contributed by atoms with Crippen molar-refractivity contribution in [3.8, 4) is 0 Å². The summed E-state index contributed by atoms with van der Waals surface area (Å²) in [4.78, 5) is 67.5. The van der Waals surface area contributed by atoms with Crippen LogP contribution < -0.4 is 21.8 Å². The van der Waals surface area contributed by atoms with E-state index in [1.165, 1.54) is 0 Å². The summed E-state index contributed by atoms with van der Waals surface area (Å²) in [5.74, 6) is -3.58. The summed E-state index contributed by atoms with van der Waals surface area (Å²) in [5, 5.41) is 4.75. The Labute approximate surface area is 166 Å². The van der Waals surface area contributed by atoms with Crippen LogP contribution in [-0.2, 0) is 38.6 Å². The van der Waals surface area contributed by atoms with E-state index in [-0.39, 0.29) is 32.7 Å². The van der Waals surface area contributed by atoms with Crippen LogP contribution >= 0.6 is 0 Å². The molecule has 5 N–H and O–H groups in total. The van der Waals surface area contributed by atoms with Crippen LogP contribution in [0.3, 0.4) is 0 Å². The van der Waals surface area contributed by atoms with Gasteiger partial charge >= 0.3 is 0 Å². The van der Waals surface area contributed by atoms with Crippen molar-refractivity contribution in [2.45, 2.75) is 31.3 Å². The van der Waals surface area contributed by atoms with Crippen molar-refractivity contribution in [3.05, 3.63) is 12.2 Å². The fourth-order valence-corrected chi connectivity index (χ4v) is 3.02. The topological polar surface area (TPSA) is 175 Å². The number of hydroxylamine groups is 1.